The molecule has 2 atom stereocenters. The molecule has 0 aliphatic heterocycles. The topological polar surface area (TPSA) is 0 Å². The second kappa shape index (κ2) is 4.55. The predicted molar refractivity (Wildman–Crippen MR) is 75.2 cm³/mol. The van der Waals surface area contributed by atoms with Gasteiger partial charge in [0, 0.05) is 16.9 Å². The molecular formula is C18H15F. The Labute approximate surface area is 113 Å². The summed E-state index contributed by atoms with van der Waals surface area (Å²) in [5.41, 5.74) is 2.42. The first-order chi connectivity index (χ1) is 9.18. The summed E-state index contributed by atoms with van der Waals surface area (Å²) in [5.74, 6) is 6.64. The van der Waals surface area contributed by atoms with Crippen LogP contribution in [0, 0.1) is 23.6 Å². The summed E-state index contributed by atoms with van der Waals surface area (Å²) in [6.07, 6.45) is 1.10. The van der Waals surface area contributed by atoms with E-state index < -0.39 is 0 Å². The summed E-state index contributed by atoms with van der Waals surface area (Å²) < 4.78 is 12.8. The van der Waals surface area contributed by atoms with Crippen LogP contribution in [0.15, 0.2) is 54.6 Å². The molecule has 0 spiro atoms. The van der Waals surface area contributed by atoms with Crippen molar-refractivity contribution in [3.05, 3.63) is 71.5 Å². The molecule has 94 valence electrons. The number of benzene rings is 2. The molecule has 0 unspecified atom stereocenters. The summed E-state index contributed by atoms with van der Waals surface area (Å²) in [4.78, 5) is 0. The van der Waals surface area contributed by atoms with Crippen LogP contribution in [-0.2, 0) is 5.41 Å². The molecule has 1 saturated carbocycles. The van der Waals surface area contributed by atoms with Crippen molar-refractivity contribution in [3.63, 3.8) is 0 Å². The standard InChI is InChI=1S/C18H15F/c1-18(15-5-3-2-4-6-15)13-16(18)10-7-14-8-11-17(19)12-9-14/h2-6,8-9,11-12,16H,13H2,1H3/t16-,18+/m1/s1. The molecular weight excluding hydrogens is 235 g/mol. The van der Waals surface area contributed by atoms with E-state index in [4.69, 9.17) is 0 Å². The first-order valence-corrected chi connectivity index (χ1v) is 6.51. The van der Waals surface area contributed by atoms with Crippen molar-refractivity contribution < 1.29 is 4.39 Å². The van der Waals surface area contributed by atoms with E-state index in [9.17, 15) is 4.39 Å². The van der Waals surface area contributed by atoms with Crippen molar-refractivity contribution in [3.8, 4) is 11.8 Å². The van der Waals surface area contributed by atoms with E-state index in [1.165, 1.54) is 17.7 Å². The molecule has 0 amide bonds. The van der Waals surface area contributed by atoms with Gasteiger partial charge in [-0.2, -0.15) is 0 Å². The molecule has 1 fully saturated rings. The van der Waals surface area contributed by atoms with Gasteiger partial charge in [-0.15, -0.1) is 0 Å². The smallest absolute Gasteiger partial charge is 0.123 e. The maximum absolute atomic E-state index is 12.8. The second-order valence-corrected chi connectivity index (χ2v) is 5.32. The van der Waals surface area contributed by atoms with Crippen LogP contribution in [0.1, 0.15) is 24.5 Å². The Morgan fingerprint density at radius 2 is 1.74 bits per heavy atom. The number of rotatable bonds is 1. The van der Waals surface area contributed by atoms with E-state index in [0.29, 0.717) is 5.92 Å². The zero-order valence-corrected chi connectivity index (χ0v) is 10.9. The average molecular weight is 250 g/mol. The molecule has 1 aliphatic carbocycles. The zero-order valence-electron chi connectivity index (χ0n) is 10.9. The fraction of sp³-hybridized carbons (Fsp3) is 0.222. The third-order valence-electron chi connectivity index (χ3n) is 3.91. The minimum atomic E-state index is -0.217. The van der Waals surface area contributed by atoms with Crippen molar-refractivity contribution in [2.24, 2.45) is 5.92 Å². The van der Waals surface area contributed by atoms with E-state index in [1.807, 2.05) is 6.07 Å². The van der Waals surface area contributed by atoms with Gasteiger partial charge in [0.25, 0.3) is 0 Å². The average Bonchev–Trinajstić information content (AvgIpc) is 3.12. The molecule has 1 aliphatic rings. The van der Waals surface area contributed by atoms with Crippen molar-refractivity contribution in [2.45, 2.75) is 18.8 Å². The zero-order chi connectivity index (χ0) is 13.3. The van der Waals surface area contributed by atoms with Gasteiger partial charge in [0.05, 0.1) is 0 Å². The largest absolute Gasteiger partial charge is 0.207 e. The highest BCUT2D eigenvalue weighted by Gasteiger charge is 2.50. The Morgan fingerprint density at radius 1 is 1.05 bits per heavy atom. The molecule has 19 heavy (non-hydrogen) atoms. The normalized spacial score (nSPS) is 24.4. The lowest BCUT2D eigenvalue weighted by Crippen LogP contribution is -2.02. The summed E-state index contributed by atoms with van der Waals surface area (Å²) in [6, 6.07) is 16.9. The van der Waals surface area contributed by atoms with Gasteiger partial charge in [-0.3, -0.25) is 0 Å². The third kappa shape index (κ3) is 2.39. The molecule has 1 heteroatoms. The van der Waals surface area contributed by atoms with Crippen LogP contribution in [-0.4, -0.2) is 0 Å². The van der Waals surface area contributed by atoms with E-state index in [-0.39, 0.29) is 11.2 Å². The Balaban J connectivity index is 1.76. The lowest BCUT2D eigenvalue weighted by Gasteiger charge is -2.08. The fourth-order valence-electron chi connectivity index (χ4n) is 2.42. The maximum atomic E-state index is 12.8. The molecule has 2 aromatic carbocycles. The monoisotopic (exact) mass is 250 g/mol. The number of hydrogen-bond donors (Lipinski definition) is 0. The quantitative estimate of drug-likeness (QED) is 0.667. The van der Waals surface area contributed by atoms with Crippen LogP contribution >= 0.6 is 0 Å². The molecule has 3 rings (SSSR count). The van der Waals surface area contributed by atoms with Crippen molar-refractivity contribution in [1.82, 2.24) is 0 Å². The molecule has 0 bridgehead atoms. The van der Waals surface area contributed by atoms with Gasteiger partial charge >= 0.3 is 0 Å². The Bertz CT molecular complexity index is 631. The SMILES string of the molecule is C[C@@]1(c2ccccc2)C[C@H]1C#Cc1ccc(F)cc1. The van der Waals surface area contributed by atoms with Gasteiger partial charge in [-0.1, -0.05) is 49.1 Å². The lowest BCUT2D eigenvalue weighted by molar-refractivity contribution is 0.627. The maximum Gasteiger partial charge on any atom is 0.123 e. The number of hydrogen-bond acceptors (Lipinski definition) is 0. The third-order valence-corrected chi connectivity index (χ3v) is 3.91. The first-order valence-electron chi connectivity index (χ1n) is 6.51. The second-order valence-electron chi connectivity index (χ2n) is 5.32. The summed E-state index contributed by atoms with van der Waals surface area (Å²) >= 11 is 0. The summed E-state index contributed by atoms with van der Waals surface area (Å²) in [6.45, 7) is 2.26. The Morgan fingerprint density at radius 3 is 2.42 bits per heavy atom. The molecule has 0 radical (unpaired) electrons. The van der Waals surface area contributed by atoms with Crippen LogP contribution in [0.3, 0.4) is 0 Å². The lowest BCUT2D eigenvalue weighted by atomic mass is 9.96. The highest BCUT2D eigenvalue weighted by molar-refractivity contribution is 5.41. The number of halogens is 1. The molecule has 0 aromatic heterocycles. The van der Waals surface area contributed by atoms with Crippen LogP contribution < -0.4 is 0 Å². The van der Waals surface area contributed by atoms with Gasteiger partial charge in [0.15, 0.2) is 0 Å². The van der Waals surface area contributed by atoms with Gasteiger partial charge in [-0.25, -0.2) is 4.39 Å². The minimum Gasteiger partial charge on any atom is -0.207 e. The van der Waals surface area contributed by atoms with E-state index in [0.717, 1.165) is 12.0 Å². The van der Waals surface area contributed by atoms with Crippen molar-refractivity contribution in [1.29, 1.82) is 0 Å². The fourth-order valence-corrected chi connectivity index (χ4v) is 2.42. The molecule has 0 N–H and O–H groups in total. The van der Waals surface area contributed by atoms with E-state index >= 15 is 0 Å². The molecule has 0 nitrogen and oxygen atoms in total. The van der Waals surface area contributed by atoms with Gasteiger partial charge < -0.3 is 0 Å². The van der Waals surface area contributed by atoms with Crippen molar-refractivity contribution in [2.75, 3.05) is 0 Å². The molecule has 0 saturated heterocycles. The summed E-state index contributed by atoms with van der Waals surface area (Å²) in [7, 11) is 0. The molecule has 2 aromatic rings. The Hall–Kier alpha value is -2.07. The van der Waals surface area contributed by atoms with Gasteiger partial charge in [0.1, 0.15) is 5.82 Å². The van der Waals surface area contributed by atoms with Crippen LogP contribution in [0.5, 0.6) is 0 Å². The van der Waals surface area contributed by atoms with E-state index in [2.05, 4.69) is 43.0 Å². The summed E-state index contributed by atoms with van der Waals surface area (Å²) in [5, 5.41) is 0. The molecule has 0 heterocycles. The first kappa shape index (κ1) is 12.0. The van der Waals surface area contributed by atoms with Crippen LogP contribution in [0.25, 0.3) is 0 Å². The van der Waals surface area contributed by atoms with Gasteiger partial charge in [-0.05, 0) is 36.2 Å². The van der Waals surface area contributed by atoms with Crippen LogP contribution in [0.2, 0.25) is 0 Å². The van der Waals surface area contributed by atoms with Crippen LogP contribution in [0.4, 0.5) is 4.39 Å². The van der Waals surface area contributed by atoms with E-state index in [1.54, 1.807) is 12.1 Å². The van der Waals surface area contributed by atoms with Gasteiger partial charge in [0.2, 0.25) is 0 Å². The van der Waals surface area contributed by atoms with Crippen molar-refractivity contribution >= 4 is 0 Å². The minimum absolute atomic E-state index is 0.189. The predicted octanol–water partition coefficient (Wildman–Crippen LogP) is 4.16. The Kier molecular flexibility index (Phi) is 2.87. The highest BCUT2D eigenvalue weighted by atomic mass is 19.1. The highest BCUT2D eigenvalue weighted by Crippen LogP contribution is 2.53.